The van der Waals surface area contributed by atoms with Crippen molar-refractivity contribution in [2.24, 2.45) is 0 Å². The quantitative estimate of drug-likeness (QED) is 0.848. The average Bonchev–Trinajstić information content (AvgIpc) is 2.63. The van der Waals surface area contributed by atoms with Crippen molar-refractivity contribution >= 4 is 23.0 Å². The molecule has 1 atom stereocenters. The number of benzene rings is 2. The van der Waals surface area contributed by atoms with E-state index in [2.05, 4.69) is 27.7 Å². The van der Waals surface area contributed by atoms with Crippen molar-refractivity contribution in [2.75, 3.05) is 35.2 Å². The number of hydrogen-bond acceptors (Lipinski definition) is 5. The molecule has 2 aromatic rings. The Morgan fingerprint density at radius 3 is 2.71 bits per heavy atom. The number of esters is 1. The van der Waals surface area contributed by atoms with Gasteiger partial charge in [-0.15, -0.1) is 0 Å². The highest BCUT2D eigenvalue weighted by Gasteiger charge is 2.31. The predicted molar refractivity (Wildman–Crippen MR) is 95.4 cm³/mol. The van der Waals surface area contributed by atoms with Gasteiger partial charge in [-0.2, -0.15) is 0 Å². The van der Waals surface area contributed by atoms with Gasteiger partial charge in [-0.3, -0.25) is 4.79 Å². The minimum absolute atomic E-state index is 0.129. The molecular formula is C19H21N3O2. The summed E-state index contributed by atoms with van der Waals surface area (Å²) in [6, 6.07) is 16.1. The predicted octanol–water partition coefficient (Wildman–Crippen LogP) is 2.85. The van der Waals surface area contributed by atoms with Gasteiger partial charge < -0.3 is 20.3 Å². The maximum atomic E-state index is 12.3. The molecule has 4 rings (SSSR count). The Morgan fingerprint density at radius 1 is 1.08 bits per heavy atom. The summed E-state index contributed by atoms with van der Waals surface area (Å²) in [5.74, 6) is -0.148. The highest BCUT2D eigenvalue weighted by Crippen LogP contribution is 2.40. The van der Waals surface area contributed by atoms with Crippen molar-refractivity contribution in [2.45, 2.75) is 19.1 Å². The molecule has 0 saturated carbocycles. The van der Waals surface area contributed by atoms with E-state index in [4.69, 9.17) is 4.74 Å². The van der Waals surface area contributed by atoms with E-state index >= 15 is 0 Å². The molecule has 0 fully saturated rings. The zero-order chi connectivity index (χ0) is 16.4. The molecule has 24 heavy (non-hydrogen) atoms. The Balaban J connectivity index is 1.42. The van der Waals surface area contributed by atoms with E-state index < -0.39 is 0 Å². The zero-order valence-electron chi connectivity index (χ0n) is 13.5. The van der Waals surface area contributed by atoms with Crippen LogP contribution < -0.4 is 15.5 Å². The minimum atomic E-state index is -0.148. The number of nitrogens with zero attached hydrogens (tertiary/aromatic N) is 1. The first-order chi connectivity index (χ1) is 11.8. The molecule has 0 bridgehead atoms. The van der Waals surface area contributed by atoms with Crippen LogP contribution in [0, 0.1) is 0 Å². The van der Waals surface area contributed by atoms with Crippen molar-refractivity contribution in [3.8, 4) is 0 Å². The largest absolute Gasteiger partial charge is 0.461 e. The van der Waals surface area contributed by atoms with E-state index in [9.17, 15) is 4.79 Å². The van der Waals surface area contributed by atoms with Gasteiger partial charge in [-0.25, -0.2) is 0 Å². The third-order valence-electron chi connectivity index (χ3n) is 4.61. The summed E-state index contributed by atoms with van der Waals surface area (Å²) >= 11 is 0. The van der Waals surface area contributed by atoms with Crippen molar-refractivity contribution in [3.63, 3.8) is 0 Å². The molecule has 5 nitrogen and oxygen atoms in total. The van der Waals surface area contributed by atoms with Crippen LogP contribution in [0.2, 0.25) is 0 Å². The summed E-state index contributed by atoms with van der Waals surface area (Å²) in [7, 11) is 0. The van der Waals surface area contributed by atoms with Crippen LogP contribution in [-0.4, -0.2) is 31.6 Å². The van der Waals surface area contributed by atoms with Crippen LogP contribution in [0.1, 0.15) is 12.0 Å². The number of nitrogens with one attached hydrogen (secondary N) is 2. The van der Waals surface area contributed by atoms with Gasteiger partial charge in [-0.05, 0) is 17.7 Å². The van der Waals surface area contributed by atoms with Crippen molar-refractivity contribution in [1.82, 2.24) is 0 Å². The molecule has 2 N–H and O–H groups in total. The fraction of sp³-hybridized carbons (Fsp3) is 0.316. The lowest BCUT2D eigenvalue weighted by Gasteiger charge is -2.43. The lowest BCUT2D eigenvalue weighted by atomic mass is 10.0. The molecule has 2 aliphatic rings. The Bertz CT molecular complexity index is 718. The van der Waals surface area contributed by atoms with Crippen molar-refractivity contribution in [1.29, 1.82) is 0 Å². The summed E-state index contributed by atoms with van der Waals surface area (Å²) in [6.07, 6.45) is 0.396. The van der Waals surface area contributed by atoms with Crippen LogP contribution in [0.5, 0.6) is 0 Å². The monoisotopic (exact) mass is 323 g/mol. The zero-order valence-corrected chi connectivity index (χ0v) is 13.5. The molecule has 2 heterocycles. The highest BCUT2D eigenvalue weighted by molar-refractivity contribution is 5.87. The molecular weight excluding hydrogens is 302 g/mol. The number of hydrogen-bond donors (Lipinski definition) is 2. The van der Waals surface area contributed by atoms with Gasteiger partial charge in [0, 0.05) is 19.6 Å². The van der Waals surface area contributed by atoms with Crippen LogP contribution in [0.3, 0.4) is 0 Å². The summed E-state index contributed by atoms with van der Waals surface area (Å²) in [4.78, 5) is 14.6. The highest BCUT2D eigenvalue weighted by atomic mass is 16.5. The number of para-hydroxylation sites is 1. The Labute approximate surface area is 141 Å². The first kappa shape index (κ1) is 14.9. The fourth-order valence-corrected chi connectivity index (χ4v) is 3.44. The van der Waals surface area contributed by atoms with Crippen LogP contribution in [0.25, 0.3) is 0 Å². The normalized spacial score (nSPS) is 18.2. The lowest BCUT2D eigenvalue weighted by molar-refractivity contribution is -0.145. The topological polar surface area (TPSA) is 53.6 Å². The van der Waals surface area contributed by atoms with Gasteiger partial charge in [0.05, 0.1) is 29.5 Å². The summed E-state index contributed by atoms with van der Waals surface area (Å²) in [5.41, 5.74) is 4.46. The summed E-state index contributed by atoms with van der Waals surface area (Å²) in [5, 5.41) is 6.87. The third-order valence-corrected chi connectivity index (χ3v) is 4.61. The van der Waals surface area contributed by atoms with Gasteiger partial charge in [0.25, 0.3) is 0 Å². The maximum absolute atomic E-state index is 12.3. The number of carbonyl (C=O) groups is 1. The lowest BCUT2D eigenvalue weighted by Crippen LogP contribution is -2.49. The van der Waals surface area contributed by atoms with E-state index in [1.54, 1.807) is 0 Å². The van der Waals surface area contributed by atoms with E-state index in [-0.39, 0.29) is 12.0 Å². The van der Waals surface area contributed by atoms with Crippen molar-refractivity contribution in [3.05, 3.63) is 54.1 Å². The first-order valence-electron chi connectivity index (χ1n) is 8.38. The Morgan fingerprint density at radius 2 is 1.88 bits per heavy atom. The molecule has 2 aromatic carbocycles. The molecule has 0 saturated heterocycles. The van der Waals surface area contributed by atoms with Crippen LogP contribution in [-0.2, 0) is 16.1 Å². The minimum Gasteiger partial charge on any atom is -0.461 e. The van der Waals surface area contributed by atoms with Gasteiger partial charge in [0.1, 0.15) is 6.61 Å². The Hall–Kier alpha value is -2.69. The molecule has 1 unspecified atom stereocenters. The number of anilines is 3. The first-order valence-corrected chi connectivity index (χ1v) is 8.38. The Kier molecular flexibility index (Phi) is 3.99. The molecule has 124 valence electrons. The molecule has 0 radical (unpaired) electrons. The van der Waals surface area contributed by atoms with Crippen LogP contribution >= 0.6 is 0 Å². The fourth-order valence-electron chi connectivity index (χ4n) is 3.44. The smallest absolute Gasteiger partial charge is 0.308 e. The SMILES string of the molecule is O=C(CC1CNc2cccc3c2N1CCN3)OCc1ccccc1. The van der Waals surface area contributed by atoms with E-state index in [1.165, 1.54) is 5.69 Å². The standard InChI is InChI=1S/C19H21N3O2/c23-18(24-13-14-5-2-1-3-6-14)11-15-12-21-17-8-4-7-16-19(17)22(15)10-9-20-16/h1-8,15,20-21H,9-13H2. The van der Waals surface area contributed by atoms with Gasteiger partial charge in [-0.1, -0.05) is 36.4 Å². The average molecular weight is 323 g/mol. The van der Waals surface area contributed by atoms with Crippen LogP contribution in [0.15, 0.2) is 48.5 Å². The number of carbonyl (C=O) groups excluding carboxylic acids is 1. The van der Waals surface area contributed by atoms with Crippen molar-refractivity contribution < 1.29 is 9.53 Å². The van der Waals surface area contributed by atoms with E-state index in [0.29, 0.717) is 13.0 Å². The molecule has 0 spiro atoms. The van der Waals surface area contributed by atoms with Crippen LogP contribution in [0.4, 0.5) is 17.1 Å². The molecule has 0 aliphatic carbocycles. The summed E-state index contributed by atoms with van der Waals surface area (Å²) < 4.78 is 5.45. The van der Waals surface area contributed by atoms with E-state index in [0.717, 1.165) is 36.6 Å². The second kappa shape index (κ2) is 6.43. The summed E-state index contributed by atoms with van der Waals surface area (Å²) in [6.45, 7) is 2.90. The third kappa shape index (κ3) is 2.89. The van der Waals surface area contributed by atoms with Gasteiger partial charge >= 0.3 is 5.97 Å². The van der Waals surface area contributed by atoms with Gasteiger partial charge in [0.2, 0.25) is 0 Å². The maximum Gasteiger partial charge on any atom is 0.308 e. The van der Waals surface area contributed by atoms with E-state index in [1.807, 2.05) is 36.4 Å². The van der Waals surface area contributed by atoms with Gasteiger partial charge in [0.15, 0.2) is 0 Å². The molecule has 0 aromatic heterocycles. The second-order valence-corrected chi connectivity index (χ2v) is 6.21. The molecule has 0 amide bonds. The number of rotatable bonds is 4. The number of ether oxygens (including phenoxy) is 1. The second-order valence-electron chi connectivity index (χ2n) is 6.21. The molecule has 2 aliphatic heterocycles. The molecule has 5 heteroatoms.